The molecule has 2 aromatic rings. The first-order valence-electron chi connectivity index (χ1n) is 5.61. The highest BCUT2D eigenvalue weighted by Gasteiger charge is 2.20. The zero-order valence-electron chi connectivity index (χ0n) is 10.5. The van der Waals surface area contributed by atoms with Gasteiger partial charge in [0.15, 0.2) is 5.82 Å². The molecule has 0 aliphatic rings. The lowest BCUT2D eigenvalue weighted by Gasteiger charge is -2.07. The van der Waals surface area contributed by atoms with Crippen LogP contribution in [-0.4, -0.2) is 8.42 Å². The van der Waals surface area contributed by atoms with Gasteiger partial charge in [0.25, 0.3) is 10.0 Å². The van der Waals surface area contributed by atoms with E-state index in [4.69, 9.17) is 17.3 Å². The maximum absolute atomic E-state index is 13.7. The van der Waals surface area contributed by atoms with Crippen LogP contribution in [0.4, 0.5) is 10.1 Å². The minimum atomic E-state index is -3.85. The van der Waals surface area contributed by atoms with Crippen LogP contribution >= 0.6 is 22.9 Å². The molecule has 8 heteroatoms. The lowest BCUT2D eigenvalue weighted by Crippen LogP contribution is -2.12. The van der Waals surface area contributed by atoms with Gasteiger partial charge in [-0.2, -0.15) is 0 Å². The van der Waals surface area contributed by atoms with Gasteiger partial charge in [-0.05, 0) is 30.7 Å². The van der Waals surface area contributed by atoms with E-state index < -0.39 is 15.8 Å². The van der Waals surface area contributed by atoms with Gasteiger partial charge in [-0.25, -0.2) is 12.8 Å². The highest BCUT2D eigenvalue weighted by Crippen LogP contribution is 2.29. The quantitative estimate of drug-likeness (QED) is 0.902. The predicted octanol–water partition coefficient (Wildman–Crippen LogP) is 3.11. The summed E-state index contributed by atoms with van der Waals surface area (Å²) in [6, 6.07) is 5.63. The molecule has 0 aliphatic heterocycles. The molecule has 0 bridgehead atoms. The van der Waals surface area contributed by atoms with Gasteiger partial charge in [-0.1, -0.05) is 17.7 Å². The Morgan fingerprint density at radius 3 is 2.75 bits per heavy atom. The van der Waals surface area contributed by atoms with Crippen LogP contribution in [0.15, 0.2) is 28.5 Å². The lowest BCUT2D eigenvalue weighted by atomic mass is 10.3. The Morgan fingerprint density at radius 1 is 1.45 bits per heavy atom. The molecule has 0 atom stereocenters. The minimum absolute atomic E-state index is 0.0924. The average Bonchev–Trinajstić information content (AvgIpc) is 2.77. The van der Waals surface area contributed by atoms with Crippen molar-refractivity contribution in [2.45, 2.75) is 17.7 Å². The molecule has 0 aliphatic carbocycles. The number of sulfonamides is 1. The summed E-state index contributed by atoms with van der Waals surface area (Å²) in [6.45, 7) is 2.04. The minimum Gasteiger partial charge on any atom is -0.326 e. The number of hydrogen-bond donors (Lipinski definition) is 2. The van der Waals surface area contributed by atoms with Crippen LogP contribution < -0.4 is 10.5 Å². The van der Waals surface area contributed by atoms with Crippen molar-refractivity contribution in [1.29, 1.82) is 0 Å². The summed E-state index contributed by atoms with van der Waals surface area (Å²) in [5, 5.41) is -0.143. The standard InChI is InChI=1S/C12H12ClFN2O2S2/c1-7-5-11(19-10(7)6-15)20(17,18)16-9-4-2-3-8(13)12(9)14/h2-5,16H,6,15H2,1H3. The number of benzene rings is 1. The molecular weight excluding hydrogens is 323 g/mol. The zero-order chi connectivity index (χ0) is 14.9. The molecule has 0 fully saturated rings. The fraction of sp³-hybridized carbons (Fsp3) is 0.167. The highest BCUT2D eigenvalue weighted by molar-refractivity contribution is 7.94. The Balaban J connectivity index is 2.38. The van der Waals surface area contributed by atoms with Crippen molar-refractivity contribution in [3.05, 3.63) is 45.5 Å². The molecular formula is C12H12ClFN2O2S2. The second kappa shape index (κ2) is 5.69. The summed E-state index contributed by atoms with van der Waals surface area (Å²) < 4.78 is 40.4. The lowest BCUT2D eigenvalue weighted by molar-refractivity contribution is 0.600. The molecule has 2 rings (SSSR count). The average molecular weight is 335 g/mol. The Hall–Kier alpha value is -1.15. The van der Waals surface area contributed by atoms with E-state index in [1.807, 2.05) is 0 Å². The van der Waals surface area contributed by atoms with Crippen LogP contribution in [0.25, 0.3) is 0 Å². The zero-order valence-corrected chi connectivity index (χ0v) is 12.9. The second-order valence-corrected chi connectivity index (χ2v) is 7.54. The molecule has 3 N–H and O–H groups in total. The normalized spacial score (nSPS) is 11.6. The maximum Gasteiger partial charge on any atom is 0.271 e. The van der Waals surface area contributed by atoms with Crippen LogP contribution in [0.5, 0.6) is 0 Å². The van der Waals surface area contributed by atoms with Crippen molar-refractivity contribution in [3.8, 4) is 0 Å². The molecule has 0 saturated heterocycles. The largest absolute Gasteiger partial charge is 0.326 e. The number of rotatable bonds is 4. The molecule has 0 unspecified atom stereocenters. The van der Waals surface area contributed by atoms with E-state index >= 15 is 0 Å². The van der Waals surface area contributed by atoms with E-state index in [0.29, 0.717) is 0 Å². The summed E-state index contributed by atoms with van der Waals surface area (Å²) in [5.74, 6) is -0.801. The number of nitrogens with two attached hydrogens (primary N) is 1. The predicted molar refractivity (Wildman–Crippen MR) is 79.2 cm³/mol. The van der Waals surface area contributed by atoms with E-state index in [1.165, 1.54) is 24.3 Å². The van der Waals surface area contributed by atoms with Gasteiger partial charge >= 0.3 is 0 Å². The molecule has 0 amide bonds. The highest BCUT2D eigenvalue weighted by atomic mass is 35.5. The van der Waals surface area contributed by atoms with Gasteiger partial charge in [-0.3, -0.25) is 4.72 Å². The van der Waals surface area contributed by atoms with Gasteiger partial charge in [0.2, 0.25) is 0 Å². The number of halogens is 2. The van der Waals surface area contributed by atoms with E-state index in [-0.39, 0.29) is 21.5 Å². The third-order valence-corrected chi connectivity index (χ3v) is 6.03. The van der Waals surface area contributed by atoms with Gasteiger partial charge < -0.3 is 5.73 Å². The van der Waals surface area contributed by atoms with E-state index in [0.717, 1.165) is 21.8 Å². The van der Waals surface area contributed by atoms with Crippen molar-refractivity contribution >= 4 is 38.6 Å². The van der Waals surface area contributed by atoms with Gasteiger partial charge in [-0.15, -0.1) is 11.3 Å². The molecule has 0 spiro atoms. The summed E-state index contributed by atoms with van der Waals surface area (Å²) in [5.41, 5.74) is 6.13. The molecule has 4 nitrogen and oxygen atoms in total. The Kier molecular flexibility index (Phi) is 4.33. The number of hydrogen-bond acceptors (Lipinski definition) is 4. The van der Waals surface area contributed by atoms with Gasteiger partial charge in [0, 0.05) is 11.4 Å². The van der Waals surface area contributed by atoms with Crippen molar-refractivity contribution in [1.82, 2.24) is 0 Å². The fourth-order valence-electron chi connectivity index (χ4n) is 1.60. The topological polar surface area (TPSA) is 72.2 Å². The number of nitrogens with one attached hydrogen (secondary N) is 1. The molecule has 108 valence electrons. The summed E-state index contributed by atoms with van der Waals surface area (Å²) >= 11 is 6.68. The van der Waals surface area contributed by atoms with Crippen LogP contribution in [0.3, 0.4) is 0 Å². The molecule has 1 aromatic carbocycles. The summed E-state index contributed by atoms with van der Waals surface area (Å²) in [7, 11) is -3.85. The first-order valence-corrected chi connectivity index (χ1v) is 8.29. The molecule has 0 saturated carbocycles. The smallest absolute Gasteiger partial charge is 0.271 e. The molecule has 0 radical (unpaired) electrons. The summed E-state index contributed by atoms with van der Waals surface area (Å²) in [6.07, 6.45) is 0. The number of thiophene rings is 1. The van der Waals surface area contributed by atoms with E-state index in [2.05, 4.69) is 4.72 Å². The number of anilines is 1. The fourth-order valence-corrected chi connectivity index (χ4v) is 4.30. The van der Waals surface area contributed by atoms with Crippen LogP contribution in [0.1, 0.15) is 10.4 Å². The van der Waals surface area contributed by atoms with Crippen molar-refractivity contribution in [2.75, 3.05) is 4.72 Å². The van der Waals surface area contributed by atoms with Crippen molar-refractivity contribution in [3.63, 3.8) is 0 Å². The first-order chi connectivity index (χ1) is 9.35. The Bertz CT molecular complexity index is 744. The Morgan fingerprint density at radius 2 is 2.15 bits per heavy atom. The monoisotopic (exact) mass is 334 g/mol. The van der Waals surface area contributed by atoms with Crippen molar-refractivity contribution < 1.29 is 12.8 Å². The third-order valence-electron chi connectivity index (χ3n) is 2.64. The van der Waals surface area contributed by atoms with E-state index in [1.54, 1.807) is 6.92 Å². The van der Waals surface area contributed by atoms with Gasteiger partial charge in [0.05, 0.1) is 10.7 Å². The molecule has 1 aromatic heterocycles. The molecule has 1 heterocycles. The SMILES string of the molecule is Cc1cc(S(=O)(=O)Nc2cccc(Cl)c2F)sc1CN. The van der Waals surface area contributed by atoms with Gasteiger partial charge in [0.1, 0.15) is 4.21 Å². The third kappa shape index (κ3) is 2.95. The van der Waals surface area contributed by atoms with Crippen LogP contribution in [0.2, 0.25) is 5.02 Å². The second-order valence-electron chi connectivity index (χ2n) is 4.08. The number of aryl methyl sites for hydroxylation is 1. The van der Waals surface area contributed by atoms with E-state index in [9.17, 15) is 12.8 Å². The van der Waals surface area contributed by atoms with Crippen LogP contribution in [-0.2, 0) is 16.6 Å². The van der Waals surface area contributed by atoms with Crippen LogP contribution in [0, 0.1) is 12.7 Å². The van der Waals surface area contributed by atoms with Crippen molar-refractivity contribution in [2.24, 2.45) is 5.73 Å². The summed E-state index contributed by atoms with van der Waals surface area (Å²) in [4.78, 5) is 0.775. The molecule has 20 heavy (non-hydrogen) atoms. The Labute approximate surface area is 125 Å². The maximum atomic E-state index is 13.7. The first kappa shape index (κ1) is 15.2.